The van der Waals surface area contributed by atoms with Crippen molar-refractivity contribution in [1.82, 2.24) is 19.6 Å². The highest BCUT2D eigenvalue weighted by Crippen LogP contribution is 2.27. The number of aliphatic hydroxyl groups excluding tert-OH is 1. The summed E-state index contributed by atoms with van der Waals surface area (Å²) in [6.07, 6.45) is 5.20. The summed E-state index contributed by atoms with van der Waals surface area (Å²) in [6.45, 7) is 11.8. The Morgan fingerprint density at radius 2 is 1.85 bits per heavy atom. The van der Waals surface area contributed by atoms with E-state index in [2.05, 4.69) is 23.8 Å². The zero-order valence-electron chi connectivity index (χ0n) is 17.2. The van der Waals surface area contributed by atoms with Gasteiger partial charge in [-0.3, -0.25) is 9.48 Å². The second-order valence-electron chi connectivity index (χ2n) is 8.55. The van der Waals surface area contributed by atoms with E-state index in [9.17, 15) is 9.90 Å². The SMILES string of the molecule is CCn1nc(C(C)C)cc1C(=O)N1C[C@@H](CN2CCCCCC2)[C@@H](CO)C1. The van der Waals surface area contributed by atoms with Crippen molar-refractivity contribution in [3.8, 4) is 0 Å². The number of aryl methyl sites for hydroxylation is 1. The lowest BCUT2D eigenvalue weighted by Gasteiger charge is -2.26. The van der Waals surface area contributed by atoms with Crippen molar-refractivity contribution < 1.29 is 9.90 Å². The lowest BCUT2D eigenvalue weighted by molar-refractivity contribution is 0.0766. The smallest absolute Gasteiger partial charge is 0.272 e. The fourth-order valence-corrected chi connectivity index (χ4v) is 4.46. The fraction of sp³-hybridized carbons (Fsp3) is 0.810. The first kappa shape index (κ1) is 20.3. The molecular formula is C21H36N4O2. The van der Waals surface area contributed by atoms with Gasteiger partial charge in [-0.15, -0.1) is 0 Å². The summed E-state index contributed by atoms with van der Waals surface area (Å²) in [5.74, 6) is 0.913. The van der Waals surface area contributed by atoms with Crippen molar-refractivity contribution in [2.75, 3.05) is 39.3 Å². The van der Waals surface area contributed by atoms with Crippen LogP contribution in [-0.4, -0.2) is 69.9 Å². The number of hydrogen-bond acceptors (Lipinski definition) is 4. The minimum absolute atomic E-state index is 0.0630. The van der Waals surface area contributed by atoms with Crippen molar-refractivity contribution in [1.29, 1.82) is 0 Å². The van der Waals surface area contributed by atoms with Crippen LogP contribution in [-0.2, 0) is 6.54 Å². The van der Waals surface area contributed by atoms with Gasteiger partial charge in [0.2, 0.25) is 0 Å². The number of aliphatic hydroxyl groups is 1. The van der Waals surface area contributed by atoms with Crippen LogP contribution in [0, 0.1) is 11.8 Å². The molecule has 0 radical (unpaired) electrons. The Hall–Kier alpha value is -1.40. The Morgan fingerprint density at radius 3 is 2.44 bits per heavy atom. The summed E-state index contributed by atoms with van der Waals surface area (Å²) in [7, 11) is 0. The largest absolute Gasteiger partial charge is 0.396 e. The molecule has 0 aromatic carbocycles. The van der Waals surface area contributed by atoms with Gasteiger partial charge in [-0.2, -0.15) is 5.10 Å². The number of carbonyl (C=O) groups excluding carboxylic acids is 1. The molecule has 2 atom stereocenters. The third-order valence-corrected chi connectivity index (χ3v) is 6.20. The molecule has 1 aromatic heterocycles. The highest BCUT2D eigenvalue weighted by atomic mass is 16.3. The third-order valence-electron chi connectivity index (χ3n) is 6.20. The molecule has 2 fully saturated rings. The second-order valence-corrected chi connectivity index (χ2v) is 8.55. The summed E-state index contributed by atoms with van der Waals surface area (Å²) < 4.78 is 1.83. The molecule has 6 nitrogen and oxygen atoms in total. The topological polar surface area (TPSA) is 61.6 Å². The highest BCUT2D eigenvalue weighted by molar-refractivity contribution is 5.93. The highest BCUT2D eigenvalue weighted by Gasteiger charge is 2.37. The molecule has 1 aromatic rings. The van der Waals surface area contributed by atoms with Gasteiger partial charge < -0.3 is 14.9 Å². The molecule has 1 amide bonds. The first-order valence-corrected chi connectivity index (χ1v) is 10.7. The molecule has 0 saturated carbocycles. The minimum atomic E-state index is 0.0630. The lowest BCUT2D eigenvalue weighted by atomic mass is 9.96. The Balaban J connectivity index is 1.69. The van der Waals surface area contributed by atoms with Crippen LogP contribution >= 0.6 is 0 Å². The van der Waals surface area contributed by atoms with Gasteiger partial charge in [0.15, 0.2) is 0 Å². The molecule has 2 aliphatic heterocycles. The van der Waals surface area contributed by atoms with Crippen LogP contribution in [0.1, 0.15) is 68.6 Å². The van der Waals surface area contributed by atoms with Crippen LogP contribution in [0.4, 0.5) is 0 Å². The van der Waals surface area contributed by atoms with Crippen LogP contribution in [0.25, 0.3) is 0 Å². The predicted octanol–water partition coefficient (Wildman–Crippen LogP) is 2.58. The summed E-state index contributed by atoms with van der Waals surface area (Å²) >= 11 is 0. The van der Waals surface area contributed by atoms with E-state index in [1.54, 1.807) is 0 Å². The molecule has 3 rings (SSSR count). The van der Waals surface area contributed by atoms with Crippen molar-refractivity contribution in [2.24, 2.45) is 11.8 Å². The quantitative estimate of drug-likeness (QED) is 0.829. The molecule has 2 saturated heterocycles. The molecule has 152 valence electrons. The number of amides is 1. The third kappa shape index (κ3) is 4.72. The minimum Gasteiger partial charge on any atom is -0.396 e. The number of likely N-dealkylation sites (tertiary alicyclic amines) is 2. The molecular weight excluding hydrogens is 340 g/mol. The first-order chi connectivity index (χ1) is 13.0. The van der Waals surface area contributed by atoms with Gasteiger partial charge in [0, 0.05) is 38.7 Å². The van der Waals surface area contributed by atoms with Crippen LogP contribution < -0.4 is 0 Å². The van der Waals surface area contributed by atoms with E-state index in [1.807, 2.05) is 22.6 Å². The summed E-state index contributed by atoms with van der Waals surface area (Å²) in [5, 5.41) is 14.5. The molecule has 0 unspecified atom stereocenters. The van der Waals surface area contributed by atoms with E-state index < -0.39 is 0 Å². The number of nitrogens with zero attached hydrogens (tertiary/aromatic N) is 4. The van der Waals surface area contributed by atoms with Gasteiger partial charge in [-0.05, 0) is 50.8 Å². The van der Waals surface area contributed by atoms with Crippen LogP contribution in [0.2, 0.25) is 0 Å². The summed E-state index contributed by atoms with van der Waals surface area (Å²) in [5.41, 5.74) is 1.66. The maximum absolute atomic E-state index is 13.2. The van der Waals surface area contributed by atoms with Gasteiger partial charge in [0.1, 0.15) is 5.69 Å². The Labute approximate surface area is 163 Å². The number of carbonyl (C=O) groups is 1. The van der Waals surface area contributed by atoms with E-state index >= 15 is 0 Å². The average molecular weight is 377 g/mol. The number of aromatic nitrogens is 2. The van der Waals surface area contributed by atoms with Crippen molar-refractivity contribution in [3.63, 3.8) is 0 Å². The average Bonchev–Trinajstić information content (AvgIpc) is 3.19. The standard InChI is InChI=1S/C21H36N4O2/c1-4-25-20(11-19(22-25)16(2)3)21(27)24-13-17(18(14-24)15-26)12-23-9-7-5-6-8-10-23/h11,16-18,26H,4-10,12-15H2,1-3H3/t17-,18-/m1/s1. The van der Waals surface area contributed by atoms with E-state index in [4.69, 9.17) is 0 Å². The van der Waals surface area contributed by atoms with Gasteiger partial charge in [-0.25, -0.2) is 0 Å². The Bertz CT molecular complexity index is 620. The van der Waals surface area contributed by atoms with Gasteiger partial charge in [0.05, 0.1) is 5.69 Å². The summed E-state index contributed by atoms with van der Waals surface area (Å²) in [4.78, 5) is 17.7. The van der Waals surface area contributed by atoms with E-state index in [0.29, 0.717) is 30.6 Å². The van der Waals surface area contributed by atoms with Gasteiger partial charge >= 0.3 is 0 Å². The number of hydrogen-bond donors (Lipinski definition) is 1. The normalized spacial score (nSPS) is 24.6. The molecule has 3 heterocycles. The molecule has 6 heteroatoms. The van der Waals surface area contributed by atoms with Crippen LogP contribution in [0.3, 0.4) is 0 Å². The lowest BCUT2D eigenvalue weighted by Crippen LogP contribution is -2.35. The van der Waals surface area contributed by atoms with Crippen molar-refractivity contribution in [2.45, 2.75) is 58.9 Å². The Kier molecular flexibility index (Phi) is 6.93. The van der Waals surface area contributed by atoms with Gasteiger partial charge in [0.25, 0.3) is 5.91 Å². The zero-order chi connectivity index (χ0) is 19.4. The maximum Gasteiger partial charge on any atom is 0.272 e. The van der Waals surface area contributed by atoms with E-state index in [1.165, 1.54) is 25.7 Å². The molecule has 0 spiro atoms. The first-order valence-electron chi connectivity index (χ1n) is 10.7. The molecule has 2 aliphatic rings. The van der Waals surface area contributed by atoms with Gasteiger partial charge in [-0.1, -0.05) is 26.7 Å². The monoisotopic (exact) mass is 376 g/mol. The van der Waals surface area contributed by atoms with Crippen LogP contribution in [0.5, 0.6) is 0 Å². The van der Waals surface area contributed by atoms with Crippen LogP contribution in [0.15, 0.2) is 6.07 Å². The van der Waals surface area contributed by atoms with E-state index in [-0.39, 0.29) is 18.4 Å². The molecule has 1 N–H and O–H groups in total. The number of rotatable bonds is 6. The van der Waals surface area contributed by atoms with Crippen molar-refractivity contribution >= 4 is 5.91 Å². The van der Waals surface area contributed by atoms with E-state index in [0.717, 1.165) is 31.9 Å². The molecule has 0 aliphatic carbocycles. The molecule has 0 bridgehead atoms. The fourth-order valence-electron chi connectivity index (χ4n) is 4.46. The predicted molar refractivity (Wildman–Crippen MR) is 107 cm³/mol. The summed E-state index contributed by atoms with van der Waals surface area (Å²) in [6, 6.07) is 1.95. The Morgan fingerprint density at radius 1 is 1.19 bits per heavy atom. The second kappa shape index (κ2) is 9.20. The maximum atomic E-state index is 13.2. The van der Waals surface area contributed by atoms with Crippen molar-refractivity contribution in [3.05, 3.63) is 17.5 Å². The zero-order valence-corrected chi connectivity index (χ0v) is 17.2. The molecule has 27 heavy (non-hydrogen) atoms.